The first-order chi connectivity index (χ1) is 8.20. The molecule has 0 aliphatic heterocycles. The van der Waals surface area contributed by atoms with Gasteiger partial charge in [-0.1, -0.05) is 18.2 Å². The van der Waals surface area contributed by atoms with Gasteiger partial charge in [-0.05, 0) is 36.8 Å². The Balaban J connectivity index is 2.33. The van der Waals surface area contributed by atoms with Crippen molar-refractivity contribution in [1.29, 1.82) is 0 Å². The molecule has 0 saturated heterocycles. The molecule has 2 N–H and O–H groups in total. The van der Waals surface area contributed by atoms with Gasteiger partial charge in [-0.25, -0.2) is 4.39 Å². The quantitative estimate of drug-likeness (QED) is 0.878. The predicted molar refractivity (Wildman–Crippen MR) is 65.5 cm³/mol. The van der Waals surface area contributed by atoms with Gasteiger partial charge in [-0.15, -0.1) is 0 Å². The maximum absolute atomic E-state index is 13.5. The molecule has 0 saturated carbocycles. The van der Waals surface area contributed by atoms with Crippen LogP contribution in [0.5, 0.6) is 11.5 Å². The average Bonchev–Trinajstić information content (AvgIpc) is 2.29. The van der Waals surface area contributed by atoms with Gasteiger partial charge in [0, 0.05) is 12.1 Å². The van der Waals surface area contributed by atoms with E-state index in [1.165, 1.54) is 6.07 Å². The topological polar surface area (TPSA) is 35.2 Å². The normalized spacial score (nSPS) is 10.3. The second-order valence-electron chi connectivity index (χ2n) is 3.84. The Morgan fingerprint density at radius 2 is 1.94 bits per heavy atom. The van der Waals surface area contributed by atoms with Crippen molar-refractivity contribution in [2.75, 3.05) is 0 Å². The molecular weight excluding hydrogens is 217 g/mol. The number of hydrogen-bond donors (Lipinski definition) is 1. The molecule has 0 amide bonds. The first-order valence-corrected chi connectivity index (χ1v) is 5.42. The molecule has 2 aromatic rings. The fourth-order valence-corrected chi connectivity index (χ4v) is 1.64. The predicted octanol–water partition coefficient (Wildman–Crippen LogP) is 3.39. The van der Waals surface area contributed by atoms with Crippen molar-refractivity contribution < 1.29 is 9.13 Å². The molecule has 2 rings (SSSR count). The zero-order chi connectivity index (χ0) is 12.3. The molecular formula is C14H14FNO. The van der Waals surface area contributed by atoms with Gasteiger partial charge in [0.05, 0.1) is 0 Å². The number of hydrogen-bond acceptors (Lipinski definition) is 2. The SMILES string of the molecule is Cc1cccc(Oc2cccc(F)c2CN)c1. The number of aryl methyl sites for hydroxylation is 1. The van der Waals surface area contributed by atoms with E-state index in [9.17, 15) is 4.39 Å². The second kappa shape index (κ2) is 4.97. The maximum atomic E-state index is 13.5. The van der Waals surface area contributed by atoms with Crippen LogP contribution in [0.15, 0.2) is 42.5 Å². The third-order valence-electron chi connectivity index (χ3n) is 2.50. The average molecular weight is 231 g/mol. The minimum atomic E-state index is -0.336. The summed E-state index contributed by atoms with van der Waals surface area (Å²) in [5.41, 5.74) is 7.00. The van der Waals surface area contributed by atoms with Crippen molar-refractivity contribution in [2.45, 2.75) is 13.5 Å². The van der Waals surface area contributed by atoms with Gasteiger partial charge in [0.2, 0.25) is 0 Å². The minimum Gasteiger partial charge on any atom is -0.457 e. The Kier molecular flexibility index (Phi) is 3.40. The minimum absolute atomic E-state index is 0.119. The number of benzene rings is 2. The molecule has 2 aromatic carbocycles. The van der Waals surface area contributed by atoms with Crippen LogP contribution in [0.25, 0.3) is 0 Å². The van der Waals surface area contributed by atoms with E-state index in [2.05, 4.69) is 0 Å². The molecule has 0 radical (unpaired) electrons. The molecule has 0 aliphatic rings. The second-order valence-corrected chi connectivity index (χ2v) is 3.84. The van der Waals surface area contributed by atoms with Gasteiger partial charge in [0.25, 0.3) is 0 Å². The number of nitrogens with two attached hydrogens (primary N) is 1. The van der Waals surface area contributed by atoms with Crippen LogP contribution in [-0.4, -0.2) is 0 Å². The Hall–Kier alpha value is -1.87. The fourth-order valence-electron chi connectivity index (χ4n) is 1.64. The van der Waals surface area contributed by atoms with E-state index >= 15 is 0 Å². The summed E-state index contributed by atoms with van der Waals surface area (Å²) in [5, 5.41) is 0. The van der Waals surface area contributed by atoms with Crippen molar-refractivity contribution in [1.82, 2.24) is 0 Å². The lowest BCUT2D eigenvalue weighted by atomic mass is 10.2. The van der Waals surface area contributed by atoms with Gasteiger partial charge in [-0.3, -0.25) is 0 Å². The highest BCUT2D eigenvalue weighted by molar-refractivity contribution is 5.39. The molecule has 0 bridgehead atoms. The Bertz CT molecular complexity index is 525. The summed E-state index contributed by atoms with van der Waals surface area (Å²) in [6.45, 7) is 2.09. The van der Waals surface area contributed by atoms with Crippen LogP contribution in [0.1, 0.15) is 11.1 Å². The van der Waals surface area contributed by atoms with E-state index in [4.69, 9.17) is 10.5 Å². The van der Waals surface area contributed by atoms with Crippen molar-refractivity contribution in [3.8, 4) is 11.5 Å². The summed E-state index contributed by atoms with van der Waals surface area (Å²) in [7, 11) is 0. The van der Waals surface area contributed by atoms with Crippen LogP contribution in [0.2, 0.25) is 0 Å². The molecule has 0 aliphatic carbocycles. The molecule has 0 atom stereocenters. The van der Waals surface area contributed by atoms with Crippen molar-refractivity contribution in [2.24, 2.45) is 5.73 Å². The standard InChI is InChI=1S/C14H14FNO/c1-10-4-2-5-11(8-10)17-14-7-3-6-13(15)12(14)9-16/h2-8H,9,16H2,1H3. The van der Waals surface area contributed by atoms with Gasteiger partial charge < -0.3 is 10.5 Å². The van der Waals surface area contributed by atoms with Gasteiger partial charge >= 0.3 is 0 Å². The first kappa shape index (κ1) is 11.6. The summed E-state index contributed by atoms with van der Waals surface area (Å²) in [6, 6.07) is 12.3. The largest absolute Gasteiger partial charge is 0.457 e. The lowest BCUT2D eigenvalue weighted by Crippen LogP contribution is -2.02. The summed E-state index contributed by atoms with van der Waals surface area (Å²) in [4.78, 5) is 0. The summed E-state index contributed by atoms with van der Waals surface area (Å²) < 4.78 is 19.1. The molecule has 0 fully saturated rings. The Morgan fingerprint density at radius 1 is 1.18 bits per heavy atom. The Labute approximate surface area is 99.8 Å². The molecule has 0 spiro atoms. The lowest BCUT2D eigenvalue weighted by molar-refractivity contribution is 0.467. The third kappa shape index (κ3) is 2.63. The molecule has 88 valence electrons. The van der Waals surface area contributed by atoms with E-state index < -0.39 is 0 Å². The van der Waals surface area contributed by atoms with E-state index in [0.717, 1.165) is 5.56 Å². The van der Waals surface area contributed by atoms with Gasteiger partial charge in [0.1, 0.15) is 17.3 Å². The van der Waals surface area contributed by atoms with E-state index in [-0.39, 0.29) is 12.4 Å². The number of rotatable bonds is 3. The first-order valence-electron chi connectivity index (χ1n) is 5.42. The van der Waals surface area contributed by atoms with Crippen molar-refractivity contribution in [3.63, 3.8) is 0 Å². The highest BCUT2D eigenvalue weighted by Crippen LogP contribution is 2.27. The van der Waals surface area contributed by atoms with E-state index in [0.29, 0.717) is 17.1 Å². The van der Waals surface area contributed by atoms with Crippen LogP contribution in [0.3, 0.4) is 0 Å². The summed E-state index contributed by atoms with van der Waals surface area (Å²) >= 11 is 0. The van der Waals surface area contributed by atoms with Crippen LogP contribution >= 0.6 is 0 Å². The van der Waals surface area contributed by atoms with Gasteiger partial charge in [0.15, 0.2) is 0 Å². The zero-order valence-electron chi connectivity index (χ0n) is 9.61. The van der Waals surface area contributed by atoms with Crippen molar-refractivity contribution in [3.05, 3.63) is 59.4 Å². The van der Waals surface area contributed by atoms with Crippen LogP contribution < -0.4 is 10.5 Å². The Morgan fingerprint density at radius 3 is 2.65 bits per heavy atom. The fraction of sp³-hybridized carbons (Fsp3) is 0.143. The lowest BCUT2D eigenvalue weighted by Gasteiger charge is -2.10. The molecule has 0 heterocycles. The van der Waals surface area contributed by atoms with Crippen molar-refractivity contribution >= 4 is 0 Å². The molecule has 0 unspecified atom stereocenters. The monoisotopic (exact) mass is 231 g/mol. The highest BCUT2D eigenvalue weighted by atomic mass is 19.1. The maximum Gasteiger partial charge on any atom is 0.134 e. The summed E-state index contributed by atoms with van der Waals surface area (Å²) in [5.74, 6) is 0.820. The molecule has 3 heteroatoms. The number of ether oxygens (including phenoxy) is 1. The summed E-state index contributed by atoms with van der Waals surface area (Å²) in [6.07, 6.45) is 0. The molecule has 17 heavy (non-hydrogen) atoms. The van der Waals surface area contributed by atoms with Crippen LogP contribution in [0.4, 0.5) is 4.39 Å². The van der Waals surface area contributed by atoms with Crippen LogP contribution in [-0.2, 0) is 6.54 Å². The van der Waals surface area contributed by atoms with Crippen LogP contribution in [0, 0.1) is 12.7 Å². The van der Waals surface area contributed by atoms with E-state index in [1.807, 2.05) is 31.2 Å². The third-order valence-corrected chi connectivity index (χ3v) is 2.50. The smallest absolute Gasteiger partial charge is 0.134 e. The van der Waals surface area contributed by atoms with Gasteiger partial charge in [-0.2, -0.15) is 0 Å². The molecule has 0 aromatic heterocycles. The molecule has 2 nitrogen and oxygen atoms in total. The zero-order valence-corrected chi connectivity index (χ0v) is 9.61. The van der Waals surface area contributed by atoms with E-state index in [1.54, 1.807) is 12.1 Å². The highest BCUT2D eigenvalue weighted by Gasteiger charge is 2.08. The number of halogens is 1.